The molecule has 0 radical (unpaired) electrons. The molecule has 204 valence electrons. The van der Waals surface area contributed by atoms with Gasteiger partial charge in [0.15, 0.2) is 0 Å². The first-order valence-corrected chi connectivity index (χ1v) is 13.4. The normalized spacial score (nSPS) is 14.5. The maximum Gasteiger partial charge on any atom is 0.323 e. The molecule has 10 heteroatoms. The zero-order valence-corrected chi connectivity index (χ0v) is 23.7. The van der Waals surface area contributed by atoms with Crippen LogP contribution in [0.5, 0.6) is 11.5 Å². The lowest BCUT2D eigenvalue weighted by Crippen LogP contribution is -2.48. The highest BCUT2D eigenvalue weighted by molar-refractivity contribution is 6.31. The Hall–Kier alpha value is -3.82. The highest BCUT2D eigenvalue weighted by Crippen LogP contribution is 2.33. The molecule has 2 aromatic heterocycles. The molecule has 9 nitrogen and oxygen atoms in total. The Labute approximate surface area is 233 Å². The van der Waals surface area contributed by atoms with E-state index >= 15 is 0 Å². The van der Waals surface area contributed by atoms with Gasteiger partial charge in [-0.2, -0.15) is 0 Å². The third-order valence-electron chi connectivity index (χ3n) is 6.88. The van der Waals surface area contributed by atoms with Crippen LogP contribution in [-0.2, 0) is 12.5 Å². The molecule has 2 N–H and O–H groups in total. The molecule has 4 aromatic rings. The number of halogens is 1. The fraction of sp³-hybridized carbons (Fsp3) is 0.345. The number of amides is 2. The first-order chi connectivity index (χ1) is 18.6. The summed E-state index contributed by atoms with van der Waals surface area (Å²) in [4.78, 5) is 25.7. The van der Waals surface area contributed by atoms with E-state index in [0.29, 0.717) is 36.4 Å². The first kappa shape index (κ1) is 26.8. The van der Waals surface area contributed by atoms with Crippen LogP contribution in [0.2, 0.25) is 5.02 Å². The number of nitrogens with one attached hydrogen (secondary N) is 2. The number of hydrogen-bond donors (Lipinski definition) is 2. The fourth-order valence-corrected chi connectivity index (χ4v) is 4.94. The Kier molecular flexibility index (Phi) is 7.38. The van der Waals surface area contributed by atoms with Gasteiger partial charge in [-0.1, -0.05) is 32.4 Å². The summed E-state index contributed by atoms with van der Waals surface area (Å²) in [6, 6.07) is 15.0. The molecule has 0 unspecified atom stereocenters. The number of carbonyl (C=O) groups is 1. The van der Waals surface area contributed by atoms with E-state index in [1.165, 1.54) is 0 Å². The van der Waals surface area contributed by atoms with Gasteiger partial charge >= 0.3 is 6.03 Å². The number of carbonyl (C=O) groups excluding carboxylic acids is 1. The van der Waals surface area contributed by atoms with Gasteiger partial charge in [-0.15, -0.1) is 0 Å². The van der Waals surface area contributed by atoms with Gasteiger partial charge in [0.2, 0.25) is 5.95 Å². The molecule has 2 aromatic carbocycles. The number of aromatic nitrogens is 3. The van der Waals surface area contributed by atoms with E-state index in [-0.39, 0.29) is 11.4 Å². The van der Waals surface area contributed by atoms with Crippen LogP contribution in [0.4, 0.5) is 22.2 Å². The molecule has 1 aliphatic heterocycles. The number of likely N-dealkylation sites (N-methyl/N-ethyl adjacent to an activating group) is 1. The lowest BCUT2D eigenvalue weighted by molar-refractivity contribution is 0.164. The van der Waals surface area contributed by atoms with Crippen LogP contribution in [0.25, 0.3) is 11.0 Å². The van der Waals surface area contributed by atoms with Gasteiger partial charge in [-0.25, -0.2) is 14.8 Å². The summed E-state index contributed by atoms with van der Waals surface area (Å²) in [7, 11) is 4.02. The second-order valence-corrected chi connectivity index (χ2v) is 11.3. The predicted octanol–water partition coefficient (Wildman–Crippen LogP) is 6.23. The number of anilines is 3. The van der Waals surface area contributed by atoms with Gasteiger partial charge in [0, 0.05) is 62.3 Å². The highest BCUT2D eigenvalue weighted by atomic mass is 35.5. The molecule has 0 bridgehead atoms. The molecule has 0 aliphatic carbocycles. The highest BCUT2D eigenvalue weighted by Gasteiger charge is 2.20. The minimum absolute atomic E-state index is 0.0758. The second kappa shape index (κ2) is 10.7. The van der Waals surface area contributed by atoms with Crippen molar-refractivity contribution in [3.8, 4) is 11.5 Å². The Morgan fingerprint density at radius 1 is 0.974 bits per heavy atom. The van der Waals surface area contributed by atoms with Crippen molar-refractivity contribution in [2.45, 2.75) is 26.2 Å². The standard InChI is InChI=1S/C29H34ClN7O2/c1-29(2,3)22-16-19(6-8-23(22)30)32-27-33-24-17-20(7-9-25(24)36(27)5)39-21-10-11-31-26(18-21)34-28(38)37-14-12-35(4)13-15-37/h6-11,16-18H,12-15H2,1-5H3,(H,32,33)(H,31,34,38). The third-order valence-corrected chi connectivity index (χ3v) is 7.20. The number of nitrogens with zero attached hydrogens (tertiary/aromatic N) is 5. The number of imidazole rings is 1. The predicted molar refractivity (Wildman–Crippen MR) is 157 cm³/mol. The number of benzene rings is 2. The van der Waals surface area contributed by atoms with E-state index < -0.39 is 0 Å². The van der Waals surface area contributed by atoms with Crippen LogP contribution in [0, 0.1) is 0 Å². The number of aryl methyl sites for hydroxylation is 1. The smallest absolute Gasteiger partial charge is 0.323 e. The average Bonchev–Trinajstić information content (AvgIpc) is 3.19. The summed E-state index contributed by atoms with van der Waals surface area (Å²) in [5.41, 5.74) is 3.67. The molecule has 1 fully saturated rings. The van der Waals surface area contributed by atoms with Gasteiger partial charge in [0.25, 0.3) is 0 Å². The molecule has 0 atom stereocenters. The van der Waals surface area contributed by atoms with Gasteiger partial charge in [0.1, 0.15) is 17.3 Å². The third kappa shape index (κ3) is 6.10. The molecule has 0 spiro atoms. The summed E-state index contributed by atoms with van der Waals surface area (Å²) in [6.07, 6.45) is 1.62. The summed E-state index contributed by atoms with van der Waals surface area (Å²) >= 11 is 6.45. The average molecular weight is 548 g/mol. The summed E-state index contributed by atoms with van der Waals surface area (Å²) in [5, 5.41) is 7.05. The number of urea groups is 1. The number of hydrogen-bond acceptors (Lipinski definition) is 6. The van der Waals surface area contributed by atoms with E-state index in [9.17, 15) is 4.79 Å². The first-order valence-electron chi connectivity index (χ1n) is 13.0. The largest absolute Gasteiger partial charge is 0.457 e. The van der Waals surface area contributed by atoms with E-state index in [1.807, 2.05) is 41.9 Å². The van der Waals surface area contributed by atoms with Crippen LogP contribution in [-0.4, -0.2) is 63.6 Å². The van der Waals surface area contributed by atoms with Crippen LogP contribution in [0.1, 0.15) is 26.3 Å². The maximum absolute atomic E-state index is 12.6. The maximum atomic E-state index is 12.6. The number of fused-ring (bicyclic) bond motifs is 1. The number of pyridine rings is 1. The Bertz CT molecular complexity index is 1500. The van der Waals surface area contributed by atoms with Crippen LogP contribution in [0.15, 0.2) is 54.7 Å². The molecular formula is C29H34ClN7O2. The van der Waals surface area contributed by atoms with Crippen molar-refractivity contribution in [2.75, 3.05) is 43.9 Å². The minimum atomic E-state index is -0.155. The monoisotopic (exact) mass is 547 g/mol. The topological polar surface area (TPSA) is 87.5 Å². The summed E-state index contributed by atoms with van der Waals surface area (Å²) < 4.78 is 8.11. The van der Waals surface area contributed by atoms with Crippen LogP contribution >= 0.6 is 11.6 Å². The molecule has 39 heavy (non-hydrogen) atoms. The van der Waals surface area contributed by atoms with Crippen LogP contribution < -0.4 is 15.4 Å². The fourth-order valence-electron chi connectivity index (χ4n) is 4.54. The Balaban J connectivity index is 1.30. The Morgan fingerprint density at radius 3 is 2.46 bits per heavy atom. The van der Waals surface area contributed by atoms with E-state index in [4.69, 9.17) is 21.3 Å². The van der Waals surface area contributed by atoms with Crippen molar-refractivity contribution in [1.29, 1.82) is 0 Å². The molecule has 1 aliphatic rings. The zero-order valence-electron chi connectivity index (χ0n) is 23.0. The molecule has 0 saturated carbocycles. The quantitative estimate of drug-likeness (QED) is 0.308. The molecular weight excluding hydrogens is 514 g/mol. The van der Waals surface area contributed by atoms with E-state index in [2.05, 4.69) is 54.4 Å². The Morgan fingerprint density at radius 2 is 1.72 bits per heavy atom. The van der Waals surface area contributed by atoms with Gasteiger partial charge < -0.3 is 24.4 Å². The van der Waals surface area contributed by atoms with Crippen LogP contribution in [0.3, 0.4) is 0 Å². The zero-order chi connectivity index (χ0) is 27.7. The van der Waals surface area contributed by atoms with Crippen molar-refractivity contribution < 1.29 is 9.53 Å². The SMILES string of the molecule is CN1CCN(C(=O)Nc2cc(Oc3ccc4c(c3)nc(Nc3ccc(Cl)c(C(C)(C)C)c3)n4C)ccn2)CC1. The van der Waals surface area contributed by atoms with Crippen molar-refractivity contribution in [3.05, 3.63) is 65.3 Å². The van der Waals surface area contributed by atoms with Gasteiger partial charge in [-0.3, -0.25) is 5.32 Å². The molecule has 1 saturated heterocycles. The minimum Gasteiger partial charge on any atom is -0.457 e. The molecule has 5 rings (SSSR count). The number of rotatable bonds is 5. The van der Waals surface area contributed by atoms with E-state index in [0.717, 1.165) is 40.4 Å². The van der Waals surface area contributed by atoms with E-state index in [1.54, 1.807) is 23.2 Å². The van der Waals surface area contributed by atoms with Crippen molar-refractivity contribution in [1.82, 2.24) is 24.3 Å². The summed E-state index contributed by atoms with van der Waals surface area (Å²) in [6.45, 7) is 9.51. The molecule has 3 heterocycles. The number of piperazine rings is 1. The van der Waals surface area contributed by atoms with Gasteiger partial charge in [-0.05, 0) is 54.4 Å². The van der Waals surface area contributed by atoms with Crippen molar-refractivity contribution >= 4 is 46.1 Å². The second-order valence-electron chi connectivity index (χ2n) is 10.9. The lowest BCUT2D eigenvalue weighted by atomic mass is 9.87. The number of ether oxygens (including phenoxy) is 1. The summed E-state index contributed by atoms with van der Waals surface area (Å²) in [5.74, 6) is 2.36. The van der Waals surface area contributed by atoms with Crippen molar-refractivity contribution in [2.24, 2.45) is 7.05 Å². The lowest BCUT2D eigenvalue weighted by Gasteiger charge is -2.32. The molecule has 2 amide bonds. The van der Waals surface area contributed by atoms with Gasteiger partial charge in [0.05, 0.1) is 11.0 Å². The van der Waals surface area contributed by atoms with Crippen molar-refractivity contribution in [3.63, 3.8) is 0 Å².